The van der Waals surface area contributed by atoms with E-state index >= 15 is 0 Å². The Kier molecular flexibility index (Phi) is 6.35. The van der Waals surface area contributed by atoms with Gasteiger partial charge in [0.05, 0.1) is 0 Å². The molecule has 0 bridgehead atoms. The molecule has 1 saturated carbocycles. The van der Waals surface area contributed by atoms with Crippen molar-refractivity contribution < 1.29 is 21.9 Å². The highest BCUT2D eigenvalue weighted by Gasteiger charge is 2.32. The standard InChI is InChI=1S/C21H23F2N5O3S/c1-2-28-18(7-10-26-28)15-5-3-4-6-19(15)31-14-11-16(22)21(17(23)12-14)32(29,30)27-20-8-9-24-13-25-20/h7-13,15,19H,2-6H2,1H3,(H,24,25,27). The lowest BCUT2D eigenvalue weighted by Gasteiger charge is -2.32. The van der Waals surface area contributed by atoms with Gasteiger partial charge in [0.15, 0.2) is 4.90 Å². The molecule has 1 fully saturated rings. The average molecular weight is 464 g/mol. The Labute approximate surface area is 184 Å². The zero-order chi connectivity index (χ0) is 22.7. The van der Waals surface area contributed by atoms with E-state index in [9.17, 15) is 17.2 Å². The van der Waals surface area contributed by atoms with Crippen LogP contribution >= 0.6 is 0 Å². The number of hydrogen-bond acceptors (Lipinski definition) is 6. The molecule has 2 atom stereocenters. The van der Waals surface area contributed by atoms with Crippen molar-refractivity contribution in [3.63, 3.8) is 0 Å². The minimum absolute atomic E-state index is 0.0279. The van der Waals surface area contributed by atoms with E-state index < -0.39 is 26.6 Å². The molecule has 1 N–H and O–H groups in total. The first kappa shape index (κ1) is 22.1. The van der Waals surface area contributed by atoms with Crippen LogP contribution in [0.3, 0.4) is 0 Å². The maximum atomic E-state index is 14.8. The monoisotopic (exact) mass is 463 g/mol. The third-order valence-electron chi connectivity index (χ3n) is 5.48. The van der Waals surface area contributed by atoms with Crippen LogP contribution in [-0.4, -0.2) is 34.3 Å². The molecular formula is C21H23F2N5O3S. The van der Waals surface area contributed by atoms with Crippen molar-refractivity contribution in [2.24, 2.45) is 0 Å². The molecule has 0 amide bonds. The summed E-state index contributed by atoms with van der Waals surface area (Å²) in [6.45, 7) is 2.70. The van der Waals surface area contributed by atoms with Crippen LogP contribution in [0.4, 0.5) is 14.6 Å². The molecule has 32 heavy (non-hydrogen) atoms. The first-order chi connectivity index (χ1) is 15.4. The van der Waals surface area contributed by atoms with E-state index in [1.54, 1.807) is 6.20 Å². The van der Waals surface area contributed by atoms with E-state index in [0.717, 1.165) is 49.8 Å². The van der Waals surface area contributed by atoms with E-state index in [2.05, 4.69) is 15.1 Å². The first-order valence-corrected chi connectivity index (χ1v) is 11.8. The lowest BCUT2D eigenvalue weighted by atomic mass is 9.84. The van der Waals surface area contributed by atoms with Gasteiger partial charge in [-0.1, -0.05) is 6.42 Å². The summed E-state index contributed by atoms with van der Waals surface area (Å²) in [5.41, 5.74) is 1.02. The molecule has 170 valence electrons. The van der Waals surface area contributed by atoms with Crippen LogP contribution in [0.2, 0.25) is 0 Å². The lowest BCUT2D eigenvalue weighted by molar-refractivity contribution is 0.125. The summed E-state index contributed by atoms with van der Waals surface area (Å²) in [4.78, 5) is 6.29. The van der Waals surface area contributed by atoms with E-state index in [1.807, 2.05) is 22.4 Å². The predicted octanol–water partition coefficient (Wildman–Crippen LogP) is 3.88. The minimum Gasteiger partial charge on any atom is -0.490 e. The highest BCUT2D eigenvalue weighted by molar-refractivity contribution is 7.92. The van der Waals surface area contributed by atoms with Crippen LogP contribution < -0.4 is 9.46 Å². The van der Waals surface area contributed by atoms with Gasteiger partial charge in [0.25, 0.3) is 10.0 Å². The zero-order valence-corrected chi connectivity index (χ0v) is 18.2. The van der Waals surface area contributed by atoms with Crippen molar-refractivity contribution in [2.75, 3.05) is 4.72 Å². The van der Waals surface area contributed by atoms with E-state index in [-0.39, 0.29) is 23.6 Å². The largest absolute Gasteiger partial charge is 0.490 e. The molecule has 1 aromatic carbocycles. The number of rotatable bonds is 7. The molecule has 1 aliphatic rings. The topological polar surface area (TPSA) is 99.0 Å². The lowest BCUT2D eigenvalue weighted by Crippen LogP contribution is -2.30. The maximum Gasteiger partial charge on any atom is 0.268 e. The van der Waals surface area contributed by atoms with Crippen LogP contribution in [0.25, 0.3) is 0 Å². The SMILES string of the molecule is CCn1nccc1C1CCCCC1Oc1cc(F)c(S(=O)(=O)Nc2ccncn2)c(F)c1. The molecule has 2 unspecified atom stereocenters. The number of ether oxygens (including phenoxy) is 1. The summed E-state index contributed by atoms with van der Waals surface area (Å²) in [5.74, 6) is -2.61. The molecule has 0 spiro atoms. The third kappa shape index (κ3) is 4.57. The van der Waals surface area contributed by atoms with Crippen molar-refractivity contribution >= 4 is 15.8 Å². The minimum atomic E-state index is -4.54. The molecule has 0 aliphatic heterocycles. The van der Waals surface area contributed by atoms with Gasteiger partial charge in [-0.15, -0.1) is 0 Å². The zero-order valence-electron chi connectivity index (χ0n) is 17.4. The highest BCUT2D eigenvalue weighted by atomic mass is 32.2. The van der Waals surface area contributed by atoms with Crippen LogP contribution in [-0.2, 0) is 16.6 Å². The molecule has 3 aromatic rings. The summed E-state index contributed by atoms with van der Waals surface area (Å²) in [5, 5.41) is 4.31. The predicted molar refractivity (Wildman–Crippen MR) is 113 cm³/mol. The number of anilines is 1. The fraction of sp³-hybridized carbons (Fsp3) is 0.381. The molecular weight excluding hydrogens is 440 g/mol. The molecule has 0 radical (unpaired) electrons. The molecule has 8 nitrogen and oxygen atoms in total. The van der Waals surface area contributed by atoms with E-state index in [0.29, 0.717) is 6.54 Å². The number of nitrogens with one attached hydrogen (secondary N) is 1. The van der Waals surface area contributed by atoms with Crippen LogP contribution in [0.15, 0.2) is 47.9 Å². The third-order valence-corrected chi connectivity index (χ3v) is 6.89. The highest BCUT2D eigenvalue weighted by Crippen LogP contribution is 2.36. The summed E-state index contributed by atoms with van der Waals surface area (Å²) in [6.07, 6.45) is 7.40. The molecule has 11 heteroatoms. The molecule has 2 aromatic heterocycles. The quantitative estimate of drug-likeness (QED) is 0.571. The molecule has 0 saturated heterocycles. The van der Waals surface area contributed by atoms with Crippen LogP contribution in [0, 0.1) is 11.6 Å². The summed E-state index contributed by atoms with van der Waals surface area (Å²) in [7, 11) is -4.54. The second kappa shape index (κ2) is 9.19. The second-order valence-electron chi connectivity index (χ2n) is 7.54. The molecule has 1 aliphatic carbocycles. The number of aryl methyl sites for hydroxylation is 1. The van der Waals surface area contributed by atoms with Gasteiger partial charge in [-0.2, -0.15) is 5.10 Å². The normalized spacial score (nSPS) is 19.0. The van der Waals surface area contributed by atoms with Gasteiger partial charge < -0.3 is 4.74 Å². The fourth-order valence-electron chi connectivity index (χ4n) is 4.07. The van der Waals surface area contributed by atoms with Gasteiger partial charge in [-0.25, -0.2) is 27.2 Å². The van der Waals surface area contributed by atoms with Gasteiger partial charge in [-0.05, 0) is 38.3 Å². The first-order valence-electron chi connectivity index (χ1n) is 10.3. The molecule has 4 rings (SSSR count). The van der Waals surface area contributed by atoms with Gasteiger partial charge >= 0.3 is 0 Å². The summed E-state index contributed by atoms with van der Waals surface area (Å²) in [6, 6.07) is 5.02. The Bertz CT molecular complexity index is 1160. The number of benzene rings is 1. The Hall–Kier alpha value is -3.08. The van der Waals surface area contributed by atoms with Crippen molar-refractivity contribution in [3.05, 3.63) is 60.3 Å². The Morgan fingerprint density at radius 2 is 1.91 bits per heavy atom. The number of nitrogens with zero attached hydrogens (tertiary/aromatic N) is 4. The van der Waals surface area contributed by atoms with Gasteiger partial charge in [0, 0.05) is 42.7 Å². The van der Waals surface area contributed by atoms with Crippen molar-refractivity contribution in [1.82, 2.24) is 19.7 Å². The van der Waals surface area contributed by atoms with Gasteiger partial charge in [0.1, 0.15) is 35.6 Å². The van der Waals surface area contributed by atoms with Crippen LogP contribution in [0.1, 0.15) is 44.2 Å². The maximum absolute atomic E-state index is 14.8. The second-order valence-corrected chi connectivity index (χ2v) is 9.15. The van der Waals surface area contributed by atoms with Gasteiger partial charge in [0.2, 0.25) is 0 Å². The van der Waals surface area contributed by atoms with Crippen molar-refractivity contribution in [3.8, 4) is 5.75 Å². The smallest absolute Gasteiger partial charge is 0.268 e. The molecule has 2 heterocycles. The fourth-order valence-corrected chi connectivity index (χ4v) is 5.20. The number of aromatic nitrogens is 4. The van der Waals surface area contributed by atoms with Crippen molar-refractivity contribution in [2.45, 2.75) is 56.1 Å². The Morgan fingerprint density at radius 3 is 2.59 bits per heavy atom. The number of halogens is 2. The Balaban J connectivity index is 1.59. The van der Waals surface area contributed by atoms with Crippen LogP contribution in [0.5, 0.6) is 5.75 Å². The number of sulfonamides is 1. The van der Waals surface area contributed by atoms with Gasteiger partial charge in [-0.3, -0.25) is 9.40 Å². The Morgan fingerprint density at radius 1 is 1.16 bits per heavy atom. The van der Waals surface area contributed by atoms with Crippen molar-refractivity contribution in [1.29, 1.82) is 0 Å². The number of hydrogen-bond donors (Lipinski definition) is 1. The van der Waals surface area contributed by atoms with E-state index in [1.165, 1.54) is 12.3 Å². The summed E-state index contributed by atoms with van der Waals surface area (Å²) < 4.78 is 64.5. The van der Waals surface area contributed by atoms with E-state index in [4.69, 9.17) is 4.74 Å². The summed E-state index contributed by atoms with van der Waals surface area (Å²) >= 11 is 0. The average Bonchev–Trinajstić information content (AvgIpc) is 3.22.